The van der Waals surface area contributed by atoms with Gasteiger partial charge < -0.3 is 10.3 Å². The first-order chi connectivity index (χ1) is 8.65. The van der Waals surface area contributed by atoms with E-state index in [1.165, 1.54) is 18.7 Å². The van der Waals surface area contributed by atoms with E-state index in [9.17, 15) is 0 Å². The standard InChI is InChI=1S/C15H19N3/c1-10-6-7-12(8-13(10)16)14-9-18-11(2)4-3-5-15(18)17-14/h6-9,11H,3-5,16H2,1-2H3. The van der Waals surface area contributed by atoms with Crippen LogP contribution in [0.15, 0.2) is 24.4 Å². The van der Waals surface area contributed by atoms with Crippen LogP contribution in [0.4, 0.5) is 5.69 Å². The highest BCUT2D eigenvalue weighted by molar-refractivity contribution is 5.65. The van der Waals surface area contributed by atoms with Gasteiger partial charge in [0.05, 0.1) is 5.69 Å². The van der Waals surface area contributed by atoms with Crippen LogP contribution in [0.5, 0.6) is 0 Å². The second kappa shape index (κ2) is 4.16. The molecule has 1 aliphatic heterocycles. The molecule has 1 aromatic heterocycles. The molecule has 2 aromatic rings. The Kier molecular flexibility index (Phi) is 2.62. The van der Waals surface area contributed by atoms with Crippen molar-refractivity contribution in [2.75, 3.05) is 5.73 Å². The summed E-state index contributed by atoms with van der Waals surface area (Å²) < 4.78 is 2.31. The third-order valence-corrected chi connectivity index (χ3v) is 3.88. The summed E-state index contributed by atoms with van der Waals surface area (Å²) in [4.78, 5) is 4.75. The van der Waals surface area contributed by atoms with Gasteiger partial charge in [-0.3, -0.25) is 0 Å². The van der Waals surface area contributed by atoms with Gasteiger partial charge in [0.2, 0.25) is 0 Å². The topological polar surface area (TPSA) is 43.8 Å². The van der Waals surface area contributed by atoms with E-state index in [1.54, 1.807) is 0 Å². The summed E-state index contributed by atoms with van der Waals surface area (Å²) >= 11 is 0. The summed E-state index contributed by atoms with van der Waals surface area (Å²) in [5.41, 5.74) is 10.1. The summed E-state index contributed by atoms with van der Waals surface area (Å²) in [6.07, 6.45) is 5.75. The van der Waals surface area contributed by atoms with Crippen LogP contribution in [0, 0.1) is 6.92 Å². The number of nitrogens with two attached hydrogens (primary N) is 1. The van der Waals surface area contributed by atoms with Gasteiger partial charge in [-0.1, -0.05) is 12.1 Å². The van der Waals surface area contributed by atoms with E-state index in [0.717, 1.165) is 28.9 Å². The Morgan fingerprint density at radius 3 is 2.94 bits per heavy atom. The van der Waals surface area contributed by atoms with Crippen LogP contribution < -0.4 is 5.73 Å². The lowest BCUT2D eigenvalue weighted by molar-refractivity contribution is 0.426. The highest BCUT2D eigenvalue weighted by atomic mass is 15.1. The van der Waals surface area contributed by atoms with Crippen LogP contribution in [0.2, 0.25) is 0 Å². The molecular formula is C15H19N3. The first kappa shape index (κ1) is 11.3. The molecule has 0 radical (unpaired) electrons. The summed E-state index contributed by atoms with van der Waals surface area (Å²) in [5.74, 6) is 1.21. The fraction of sp³-hybridized carbons (Fsp3) is 0.400. The van der Waals surface area contributed by atoms with Crippen molar-refractivity contribution >= 4 is 5.69 Å². The average Bonchev–Trinajstić information content (AvgIpc) is 2.78. The van der Waals surface area contributed by atoms with E-state index in [-0.39, 0.29) is 0 Å². The molecular weight excluding hydrogens is 222 g/mol. The van der Waals surface area contributed by atoms with Gasteiger partial charge in [-0.05, 0) is 38.3 Å². The van der Waals surface area contributed by atoms with Gasteiger partial charge in [-0.25, -0.2) is 4.98 Å². The molecule has 0 amide bonds. The van der Waals surface area contributed by atoms with Crippen molar-refractivity contribution in [3.05, 3.63) is 35.8 Å². The Hall–Kier alpha value is -1.77. The van der Waals surface area contributed by atoms with E-state index in [2.05, 4.69) is 29.8 Å². The Morgan fingerprint density at radius 1 is 1.39 bits per heavy atom. The molecule has 0 bridgehead atoms. The molecule has 94 valence electrons. The minimum absolute atomic E-state index is 0.567. The zero-order chi connectivity index (χ0) is 12.7. The van der Waals surface area contributed by atoms with Crippen molar-refractivity contribution in [1.29, 1.82) is 0 Å². The number of rotatable bonds is 1. The zero-order valence-corrected chi connectivity index (χ0v) is 11.0. The SMILES string of the molecule is Cc1ccc(-c2cn3c(n2)CCCC3C)cc1N. The van der Waals surface area contributed by atoms with Crippen molar-refractivity contribution in [2.24, 2.45) is 0 Å². The van der Waals surface area contributed by atoms with Crippen LogP contribution in [-0.4, -0.2) is 9.55 Å². The van der Waals surface area contributed by atoms with Crippen molar-refractivity contribution in [3.8, 4) is 11.3 Å². The largest absolute Gasteiger partial charge is 0.398 e. The van der Waals surface area contributed by atoms with Gasteiger partial charge in [-0.2, -0.15) is 0 Å². The van der Waals surface area contributed by atoms with Crippen LogP contribution in [0.3, 0.4) is 0 Å². The smallest absolute Gasteiger partial charge is 0.109 e. The number of anilines is 1. The minimum atomic E-state index is 0.567. The number of imidazole rings is 1. The van der Waals surface area contributed by atoms with Crippen molar-refractivity contribution in [1.82, 2.24) is 9.55 Å². The summed E-state index contributed by atoms with van der Waals surface area (Å²) in [5, 5.41) is 0. The van der Waals surface area contributed by atoms with Crippen molar-refractivity contribution in [3.63, 3.8) is 0 Å². The van der Waals surface area contributed by atoms with Crippen molar-refractivity contribution in [2.45, 2.75) is 39.2 Å². The molecule has 2 heterocycles. The minimum Gasteiger partial charge on any atom is -0.398 e. The predicted molar refractivity (Wildman–Crippen MR) is 74.5 cm³/mol. The Labute approximate surface area is 108 Å². The molecule has 0 saturated carbocycles. The van der Waals surface area contributed by atoms with E-state index in [4.69, 9.17) is 10.7 Å². The molecule has 0 spiro atoms. The molecule has 1 aliphatic rings. The monoisotopic (exact) mass is 241 g/mol. The van der Waals surface area contributed by atoms with Gasteiger partial charge in [0.1, 0.15) is 5.82 Å². The molecule has 18 heavy (non-hydrogen) atoms. The van der Waals surface area contributed by atoms with E-state index >= 15 is 0 Å². The van der Waals surface area contributed by atoms with Crippen LogP contribution >= 0.6 is 0 Å². The molecule has 3 rings (SSSR count). The molecule has 0 saturated heterocycles. The normalized spacial score (nSPS) is 18.7. The first-order valence-corrected chi connectivity index (χ1v) is 6.59. The Bertz CT molecular complexity index is 583. The summed E-state index contributed by atoms with van der Waals surface area (Å²) in [7, 11) is 0. The van der Waals surface area contributed by atoms with Gasteiger partial charge in [0, 0.05) is 29.9 Å². The highest BCUT2D eigenvalue weighted by Gasteiger charge is 2.18. The highest BCUT2D eigenvalue weighted by Crippen LogP contribution is 2.29. The lowest BCUT2D eigenvalue weighted by Gasteiger charge is -2.20. The third kappa shape index (κ3) is 1.80. The van der Waals surface area contributed by atoms with E-state index in [1.807, 2.05) is 13.0 Å². The van der Waals surface area contributed by atoms with Crippen LogP contribution in [0.25, 0.3) is 11.3 Å². The predicted octanol–water partition coefficient (Wildman–Crippen LogP) is 3.34. The Morgan fingerprint density at radius 2 is 2.22 bits per heavy atom. The fourth-order valence-electron chi connectivity index (χ4n) is 2.63. The fourth-order valence-corrected chi connectivity index (χ4v) is 2.63. The molecule has 1 aromatic carbocycles. The third-order valence-electron chi connectivity index (χ3n) is 3.88. The van der Waals surface area contributed by atoms with Crippen LogP contribution in [0.1, 0.15) is 37.2 Å². The Balaban J connectivity index is 2.04. The zero-order valence-electron chi connectivity index (χ0n) is 11.0. The maximum atomic E-state index is 5.97. The molecule has 0 aliphatic carbocycles. The summed E-state index contributed by atoms with van der Waals surface area (Å²) in [6, 6.07) is 6.75. The molecule has 3 heteroatoms. The second-order valence-corrected chi connectivity index (χ2v) is 5.26. The number of aryl methyl sites for hydroxylation is 2. The number of aromatic nitrogens is 2. The number of fused-ring (bicyclic) bond motifs is 1. The first-order valence-electron chi connectivity index (χ1n) is 6.59. The number of hydrogen-bond donors (Lipinski definition) is 1. The van der Waals surface area contributed by atoms with Gasteiger partial charge in [0.25, 0.3) is 0 Å². The second-order valence-electron chi connectivity index (χ2n) is 5.26. The lowest BCUT2D eigenvalue weighted by Crippen LogP contribution is -2.14. The molecule has 1 atom stereocenters. The quantitative estimate of drug-likeness (QED) is 0.778. The average molecular weight is 241 g/mol. The maximum absolute atomic E-state index is 5.97. The van der Waals surface area contributed by atoms with Crippen LogP contribution in [-0.2, 0) is 6.42 Å². The molecule has 3 nitrogen and oxygen atoms in total. The lowest BCUT2D eigenvalue weighted by atomic mass is 10.1. The van der Waals surface area contributed by atoms with Gasteiger partial charge in [0.15, 0.2) is 0 Å². The molecule has 1 unspecified atom stereocenters. The van der Waals surface area contributed by atoms with E-state index in [0.29, 0.717) is 6.04 Å². The molecule has 0 fully saturated rings. The number of nitrogens with zero attached hydrogens (tertiary/aromatic N) is 2. The van der Waals surface area contributed by atoms with Crippen molar-refractivity contribution < 1.29 is 0 Å². The number of hydrogen-bond acceptors (Lipinski definition) is 2. The molecule has 2 N–H and O–H groups in total. The maximum Gasteiger partial charge on any atom is 0.109 e. The summed E-state index contributed by atoms with van der Waals surface area (Å²) in [6.45, 7) is 4.29. The van der Waals surface area contributed by atoms with Gasteiger partial charge >= 0.3 is 0 Å². The number of benzene rings is 1. The van der Waals surface area contributed by atoms with Gasteiger partial charge in [-0.15, -0.1) is 0 Å². The van der Waals surface area contributed by atoms with E-state index < -0.39 is 0 Å². The number of nitrogen functional groups attached to an aromatic ring is 1.